The normalized spacial score (nSPS) is 14.2. The van der Waals surface area contributed by atoms with Crippen LogP contribution in [0, 0.1) is 0 Å². The predicted molar refractivity (Wildman–Crippen MR) is 109 cm³/mol. The topological polar surface area (TPSA) is 68.3 Å². The van der Waals surface area contributed by atoms with Crippen LogP contribution in [0.25, 0.3) is 0 Å². The number of hydrogen-bond acceptors (Lipinski definition) is 5. The Hall–Kier alpha value is -3.22. The molecule has 0 saturated carbocycles. The van der Waals surface area contributed by atoms with Crippen molar-refractivity contribution in [1.29, 1.82) is 0 Å². The predicted octanol–water partition coefficient (Wildman–Crippen LogP) is 2.70. The zero-order chi connectivity index (χ0) is 20.8. The van der Waals surface area contributed by atoms with Gasteiger partial charge in [-0.2, -0.15) is 0 Å². The summed E-state index contributed by atoms with van der Waals surface area (Å²) in [6, 6.07) is 12.3. The highest BCUT2D eigenvalue weighted by atomic mass is 16.5. The van der Waals surface area contributed by atoms with Gasteiger partial charge in [0, 0.05) is 37.8 Å². The minimum atomic E-state index is -0.103. The standard InChI is InChI=1S/C22H26N2O5/c1-27-17-13-16(14-18(15-17)28-2)21(25)23-9-6-10-24(12-11-23)22(26)19-7-4-5-8-20(19)29-3/h4-5,7-8,13-15H,6,9-12H2,1-3H3. The highest BCUT2D eigenvalue weighted by Gasteiger charge is 2.25. The molecule has 154 valence electrons. The molecular formula is C22H26N2O5. The fourth-order valence-corrected chi connectivity index (χ4v) is 3.43. The lowest BCUT2D eigenvalue weighted by atomic mass is 10.1. The highest BCUT2D eigenvalue weighted by Crippen LogP contribution is 2.24. The van der Waals surface area contributed by atoms with E-state index in [-0.39, 0.29) is 11.8 Å². The summed E-state index contributed by atoms with van der Waals surface area (Å²) in [6.07, 6.45) is 0.702. The second-order valence-electron chi connectivity index (χ2n) is 6.74. The van der Waals surface area contributed by atoms with Gasteiger partial charge >= 0.3 is 0 Å². The lowest BCUT2D eigenvalue weighted by molar-refractivity contribution is 0.0716. The Bertz CT molecular complexity index is 861. The molecule has 0 spiro atoms. The van der Waals surface area contributed by atoms with E-state index in [1.807, 2.05) is 12.1 Å². The first-order valence-corrected chi connectivity index (χ1v) is 9.52. The quantitative estimate of drug-likeness (QED) is 0.775. The summed E-state index contributed by atoms with van der Waals surface area (Å²) in [5.41, 5.74) is 1.04. The third kappa shape index (κ3) is 4.62. The molecule has 0 atom stereocenters. The summed E-state index contributed by atoms with van der Waals surface area (Å²) in [7, 11) is 4.66. The van der Waals surface area contributed by atoms with Crippen molar-refractivity contribution in [3.8, 4) is 17.2 Å². The summed E-state index contributed by atoms with van der Waals surface area (Å²) >= 11 is 0. The highest BCUT2D eigenvalue weighted by molar-refractivity contribution is 5.97. The van der Waals surface area contributed by atoms with E-state index in [4.69, 9.17) is 14.2 Å². The Morgan fingerprint density at radius 1 is 0.759 bits per heavy atom. The molecule has 2 amide bonds. The van der Waals surface area contributed by atoms with Gasteiger partial charge in [0.25, 0.3) is 11.8 Å². The Morgan fingerprint density at radius 3 is 1.93 bits per heavy atom. The Kier molecular flexibility index (Phi) is 6.59. The summed E-state index contributed by atoms with van der Waals surface area (Å²) in [4.78, 5) is 29.5. The van der Waals surface area contributed by atoms with E-state index >= 15 is 0 Å². The van der Waals surface area contributed by atoms with Gasteiger partial charge in [0.1, 0.15) is 17.2 Å². The van der Waals surface area contributed by atoms with Crippen LogP contribution in [0.2, 0.25) is 0 Å². The lowest BCUT2D eigenvalue weighted by Gasteiger charge is -2.23. The molecule has 1 aliphatic rings. The van der Waals surface area contributed by atoms with Crippen LogP contribution < -0.4 is 14.2 Å². The van der Waals surface area contributed by atoms with Crippen molar-refractivity contribution in [1.82, 2.24) is 9.80 Å². The van der Waals surface area contributed by atoms with Crippen LogP contribution in [0.15, 0.2) is 42.5 Å². The fraction of sp³-hybridized carbons (Fsp3) is 0.364. The number of amides is 2. The number of nitrogens with zero attached hydrogens (tertiary/aromatic N) is 2. The van der Waals surface area contributed by atoms with E-state index in [1.165, 1.54) is 0 Å². The van der Waals surface area contributed by atoms with Gasteiger partial charge in [0.15, 0.2) is 0 Å². The van der Waals surface area contributed by atoms with Crippen LogP contribution in [-0.2, 0) is 0 Å². The maximum Gasteiger partial charge on any atom is 0.257 e. The molecular weight excluding hydrogens is 372 g/mol. The maximum absolute atomic E-state index is 13.0. The average molecular weight is 398 g/mol. The molecule has 29 heavy (non-hydrogen) atoms. The van der Waals surface area contributed by atoms with Crippen LogP contribution in [-0.4, -0.2) is 69.1 Å². The first kappa shape index (κ1) is 20.5. The van der Waals surface area contributed by atoms with E-state index in [0.717, 1.165) is 0 Å². The number of methoxy groups -OCH3 is 3. The van der Waals surface area contributed by atoms with Crippen molar-refractivity contribution in [2.24, 2.45) is 0 Å². The van der Waals surface area contributed by atoms with E-state index in [9.17, 15) is 9.59 Å². The second-order valence-corrected chi connectivity index (χ2v) is 6.74. The summed E-state index contributed by atoms with van der Waals surface area (Å²) < 4.78 is 15.8. The smallest absolute Gasteiger partial charge is 0.257 e. The minimum Gasteiger partial charge on any atom is -0.497 e. The fourth-order valence-electron chi connectivity index (χ4n) is 3.43. The third-order valence-corrected chi connectivity index (χ3v) is 5.01. The number of carbonyl (C=O) groups is 2. The summed E-state index contributed by atoms with van der Waals surface area (Å²) in [5, 5.41) is 0. The lowest BCUT2D eigenvalue weighted by Crippen LogP contribution is -2.37. The summed E-state index contributed by atoms with van der Waals surface area (Å²) in [6.45, 7) is 2.08. The van der Waals surface area contributed by atoms with E-state index in [1.54, 1.807) is 61.5 Å². The van der Waals surface area contributed by atoms with Gasteiger partial charge in [0.2, 0.25) is 0 Å². The number of carbonyl (C=O) groups excluding carboxylic acids is 2. The molecule has 1 aliphatic heterocycles. The number of benzene rings is 2. The maximum atomic E-state index is 13.0. The van der Waals surface area contributed by atoms with Gasteiger partial charge in [-0.25, -0.2) is 0 Å². The Morgan fingerprint density at radius 2 is 1.34 bits per heavy atom. The summed E-state index contributed by atoms with van der Waals surface area (Å²) in [5.74, 6) is 1.50. The molecule has 0 aromatic heterocycles. The SMILES string of the molecule is COc1cc(OC)cc(C(=O)N2CCCN(C(=O)c3ccccc3OC)CC2)c1. The Labute approximate surface area is 170 Å². The molecule has 1 heterocycles. The van der Waals surface area contributed by atoms with E-state index in [2.05, 4.69) is 0 Å². The third-order valence-electron chi connectivity index (χ3n) is 5.01. The van der Waals surface area contributed by atoms with E-state index in [0.29, 0.717) is 61.0 Å². The molecule has 2 aromatic carbocycles. The van der Waals surface area contributed by atoms with Gasteiger partial charge in [0.05, 0.1) is 26.9 Å². The van der Waals surface area contributed by atoms with Gasteiger partial charge < -0.3 is 24.0 Å². The monoisotopic (exact) mass is 398 g/mol. The largest absolute Gasteiger partial charge is 0.497 e. The first-order valence-electron chi connectivity index (χ1n) is 9.52. The molecule has 2 aromatic rings. The van der Waals surface area contributed by atoms with Gasteiger partial charge in [-0.15, -0.1) is 0 Å². The Balaban J connectivity index is 1.73. The first-order chi connectivity index (χ1) is 14.1. The molecule has 0 aliphatic carbocycles. The number of hydrogen-bond donors (Lipinski definition) is 0. The van der Waals surface area contributed by atoms with Crippen molar-refractivity contribution < 1.29 is 23.8 Å². The number of rotatable bonds is 5. The molecule has 1 fully saturated rings. The van der Waals surface area contributed by atoms with Gasteiger partial charge in [-0.05, 0) is 30.7 Å². The molecule has 0 radical (unpaired) electrons. The average Bonchev–Trinajstić information content (AvgIpc) is 3.03. The van der Waals surface area contributed by atoms with Crippen LogP contribution in [0.1, 0.15) is 27.1 Å². The van der Waals surface area contributed by atoms with Crippen molar-refractivity contribution in [3.05, 3.63) is 53.6 Å². The molecule has 3 rings (SSSR count). The molecule has 0 N–H and O–H groups in total. The molecule has 7 heteroatoms. The second kappa shape index (κ2) is 9.32. The van der Waals surface area contributed by atoms with Crippen molar-refractivity contribution in [3.63, 3.8) is 0 Å². The number of ether oxygens (including phenoxy) is 3. The van der Waals surface area contributed by atoms with Gasteiger partial charge in [-0.1, -0.05) is 12.1 Å². The van der Waals surface area contributed by atoms with Crippen LogP contribution in [0.4, 0.5) is 0 Å². The molecule has 7 nitrogen and oxygen atoms in total. The van der Waals surface area contributed by atoms with Crippen LogP contribution >= 0.6 is 0 Å². The van der Waals surface area contributed by atoms with Crippen LogP contribution in [0.5, 0.6) is 17.2 Å². The molecule has 0 bridgehead atoms. The minimum absolute atomic E-state index is 0.0835. The zero-order valence-electron chi connectivity index (χ0n) is 17.0. The molecule has 0 unspecified atom stereocenters. The van der Waals surface area contributed by atoms with Crippen molar-refractivity contribution in [2.45, 2.75) is 6.42 Å². The zero-order valence-corrected chi connectivity index (χ0v) is 17.0. The molecule has 1 saturated heterocycles. The van der Waals surface area contributed by atoms with Crippen molar-refractivity contribution >= 4 is 11.8 Å². The van der Waals surface area contributed by atoms with Crippen molar-refractivity contribution in [2.75, 3.05) is 47.5 Å². The number of para-hydroxylation sites is 1. The van der Waals surface area contributed by atoms with E-state index < -0.39 is 0 Å². The van der Waals surface area contributed by atoms with Gasteiger partial charge in [-0.3, -0.25) is 9.59 Å². The van der Waals surface area contributed by atoms with Crippen LogP contribution in [0.3, 0.4) is 0 Å².